The zero-order valence-corrected chi connectivity index (χ0v) is 7.62. The van der Waals surface area contributed by atoms with Crippen molar-refractivity contribution in [3.8, 4) is 0 Å². The molecule has 0 saturated heterocycles. The maximum absolute atomic E-state index is 10.9. The van der Waals surface area contributed by atoms with Crippen molar-refractivity contribution < 1.29 is 9.53 Å². The van der Waals surface area contributed by atoms with Crippen LogP contribution in [0.1, 0.15) is 10.6 Å². The van der Waals surface area contributed by atoms with Crippen LogP contribution in [0.5, 0.6) is 0 Å². The molecule has 0 unspecified atom stereocenters. The highest BCUT2D eigenvalue weighted by molar-refractivity contribution is 9.10. The number of aryl methyl sites for hydroxylation is 1. The van der Waals surface area contributed by atoms with E-state index in [1.165, 1.54) is 11.8 Å². The Morgan fingerprint density at radius 2 is 2.36 bits per heavy atom. The van der Waals surface area contributed by atoms with Crippen LogP contribution in [0.15, 0.2) is 4.73 Å². The van der Waals surface area contributed by atoms with E-state index in [1.54, 1.807) is 7.05 Å². The molecule has 1 aromatic heterocycles. The number of carbonyl (C=O) groups is 1. The zero-order valence-electron chi connectivity index (χ0n) is 6.04. The smallest absolute Gasteiger partial charge is 0.375 e. The van der Waals surface area contributed by atoms with Gasteiger partial charge in [-0.2, -0.15) is 4.98 Å². The molecule has 0 aliphatic rings. The molecule has 0 atom stereocenters. The molecule has 0 saturated carbocycles. The third kappa shape index (κ3) is 1.56. The molecule has 11 heavy (non-hydrogen) atoms. The van der Waals surface area contributed by atoms with Crippen LogP contribution in [0, 0.1) is 0 Å². The first-order valence-electron chi connectivity index (χ1n) is 2.80. The number of hydrogen-bond donors (Lipinski definition) is 0. The largest absolute Gasteiger partial charge is 0.463 e. The summed E-state index contributed by atoms with van der Waals surface area (Å²) in [5.74, 6) is -0.315. The SMILES string of the molecule is COC(=O)c1nc(Br)nn1C. The summed E-state index contributed by atoms with van der Waals surface area (Å²) in [6.45, 7) is 0. The molecule has 1 rings (SSSR count). The molecule has 0 N–H and O–H groups in total. The fraction of sp³-hybridized carbons (Fsp3) is 0.400. The van der Waals surface area contributed by atoms with Gasteiger partial charge in [0.05, 0.1) is 7.11 Å². The van der Waals surface area contributed by atoms with Gasteiger partial charge in [-0.3, -0.25) is 0 Å². The molecule has 5 nitrogen and oxygen atoms in total. The van der Waals surface area contributed by atoms with Gasteiger partial charge >= 0.3 is 5.97 Å². The van der Waals surface area contributed by atoms with Crippen LogP contribution in [0.25, 0.3) is 0 Å². The molecule has 0 aliphatic carbocycles. The van der Waals surface area contributed by atoms with Crippen molar-refractivity contribution in [2.75, 3.05) is 7.11 Å². The molecule has 0 spiro atoms. The number of ether oxygens (including phenoxy) is 1. The summed E-state index contributed by atoms with van der Waals surface area (Å²) in [5, 5.41) is 3.80. The molecule has 0 fully saturated rings. The van der Waals surface area contributed by atoms with E-state index in [2.05, 4.69) is 30.7 Å². The van der Waals surface area contributed by atoms with Crippen molar-refractivity contribution in [2.24, 2.45) is 7.05 Å². The third-order valence-electron chi connectivity index (χ3n) is 1.11. The van der Waals surface area contributed by atoms with Crippen LogP contribution >= 0.6 is 15.9 Å². The number of halogens is 1. The van der Waals surface area contributed by atoms with Crippen molar-refractivity contribution >= 4 is 21.9 Å². The summed E-state index contributed by atoms with van der Waals surface area (Å²) in [6, 6.07) is 0. The second kappa shape index (κ2) is 3.00. The minimum absolute atomic E-state index is 0.180. The Morgan fingerprint density at radius 3 is 2.73 bits per heavy atom. The Morgan fingerprint density at radius 1 is 1.73 bits per heavy atom. The van der Waals surface area contributed by atoms with E-state index in [0.717, 1.165) is 0 Å². The van der Waals surface area contributed by atoms with Crippen molar-refractivity contribution in [3.63, 3.8) is 0 Å². The molecule has 0 bridgehead atoms. The summed E-state index contributed by atoms with van der Waals surface area (Å²) in [5.41, 5.74) is 0. The van der Waals surface area contributed by atoms with Gasteiger partial charge in [0.1, 0.15) is 0 Å². The number of methoxy groups -OCH3 is 1. The van der Waals surface area contributed by atoms with Crippen molar-refractivity contribution in [3.05, 3.63) is 10.6 Å². The van der Waals surface area contributed by atoms with Gasteiger partial charge in [-0.1, -0.05) is 0 Å². The average molecular weight is 220 g/mol. The highest BCUT2D eigenvalue weighted by Crippen LogP contribution is 2.03. The standard InChI is InChI=1S/C5H6BrN3O2/c1-9-3(4(10)11-2)7-5(6)8-9/h1-2H3. The molecule has 0 aliphatic heterocycles. The Kier molecular flexibility index (Phi) is 2.23. The minimum Gasteiger partial charge on any atom is -0.463 e. The van der Waals surface area contributed by atoms with Crippen molar-refractivity contribution in [1.29, 1.82) is 0 Å². The summed E-state index contributed by atoms with van der Waals surface area (Å²) in [6.07, 6.45) is 0. The second-order valence-corrected chi connectivity index (χ2v) is 2.53. The number of aromatic nitrogens is 3. The monoisotopic (exact) mass is 219 g/mol. The third-order valence-corrected chi connectivity index (χ3v) is 1.44. The molecule has 1 aromatic rings. The van der Waals surface area contributed by atoms with Gasteiger partial charge in [0.25, 0.3) is 0 Å². The second-order valence-electron chi connectivity index (χ2n) is 1.82. The topological polar surface area (TPSA) is 57.0 Å². The molecule has 0 aromatic carbocycles. The summed E-state index contributed by atoms with van der Waals surface area (Å²) in [7, 11) is 2.91. The normalized spacial score (nSPS) is 9.73. The fourth-order valence-electron chi connectivity index (χ4n) is 0.622. The summed E-state index contributed by atoms with van der Waals surface area (Å²) >= 11 is 3.03. The van der Waals surface area contributed by atoms with Crippen LogP contribution in [0.2, 0.25) is 0 Å². The molecular formula is C5H6BrN3O2. The minimum atomic E-state index is -0.495. The van der Waals surface area contributed by atoms with E-state index in [4.69, 9.17) is 0 Å². The Balaban J connectivity index is 3.03. The van der Waals surface area contributed by atoms with Gasteiger partial charge in [0.2, 0.25) is 10.6 Å². The van der Waals surface area contributed by atoms with Crippen molar-refractivity contribution in [1.82, 2.24) is 14.8 Å². The first-order valence-corrected chi connectivity index (χ1v) is 3.59. The molecule has 6 heteroatoms. The quantitative estimate of drug-likeness (QED) is 0.641. The fourth-order valence-corrected chi connectivity index (χ4v) is 1.03. The van der Waals surface area contributed by atoms with Crippen molar-refractivity contribution in [2.45, 2.75) is 0 Å². The predicted octanol–water partition coefficient (Wildman–Crippen LogP) is 0.364. The van der Waals surface area contributed by atoms with Gasteiger partial charge in [0.15, 0.2) is 0 Å². The number of esters is 1. The first kappa shape index (κ1) is 8.19. The molecular weight excluding hydrogens is 214 g/mol. The summed E-state index contributed by atoms with van der Waals surface area (Å²) in [4.78, 5) is 14.7. The predicted molar refractivity (Wildman–Crippen MR) is 40.0 cm³/mol. The lowest BCUT2D eigenvalue weighted by atomic mass is 10.6. The van der Waals surface area contributed by atoms with E-state index in [-0.39, 0.29) is 5.82 Å². The number of carbonyl (C=O) groups excluding carboxylic acids is 1. The van der Waals surface area contributed by atoms with Gasteiger partial charge in [-0.25, -0.2) is 9.48 Å². The lowest BCUT2D eigenvalue weighted by Crippen LogP contribution is -2.09. The lowest BCUT2D eigenvalue weighted by molar-refractivity contribution is 0.0581. The van der Waals surface area contributed by atoms with Gasteiger partial charge in [-0.15, -0.1) is 5.10 Å². The first-order chi connectivity index (χ1) is 5.15. The van der Waals surface area contributed by atoms with E-state index in [9.17, 15) is 4.79 Å². The average Bonchev–Trinajstić information content (AvgIpc) is 2.28. The Bertz CT molecular complexity index is 283. The maximum Gasteiger partial charge on any atom is 0.375 e. The van der Waals surface area contributed by atoms with E-state index in [1.807, 2.05) is 0 Å². The molecule has 60 valence electrons. The highest BCUT2D eigenvalue weighted by atomic mass is 79.9. The van der Waals surface area contributed by atoms with E-state index >= 15 is 0 Å². The van der Waals surface area contributed by atoms with Crippen LogP contribution in [0.4, 0.5) is 0 Å². The lowest BCUT2D eigenvalue weighted by Gasteiger charge is -1.94. The van der Waals surface area contributed by atoms with Crippen LogP contribution < -0.4 is 0 Å². The maximum atomic E-state index is 10.9. The highest BCUT2D eigenvalue weighted by Gasteiger charge is 2.13. The van der Waals surface area contributed by atoms with Gasteiger partial charge in [0, 0.05) is 7.05 Å². The number of hydrogen-bond acceptors (Lipinski definition) is 4. The van der Waals surface area contributed by atoms with Crippen LogP contribution in [-0.2, 0) is 11.8 Å². The van der Waals surface area contributed by atoms with Crippen LogP contribution in [0.3, 0.4) is 0 Å². The van der Waals surface area contributed by atoms with E-state index in [0.29, 0.717) is 4.73 Å². The van der Waals surface area contributed by atoms with E-state index < -0.39 is 5.97 Å². The number of rotatable bonds is 1. The van der Waals surface area contributed by atoms with Gasteiger partial charge in [-0.05, 0) is 15.9 Å². The Labute approximate surface area is 71.5 Å². The van der Waals surface area contributed by atoms with Crippen LogP contribution in [-0.4, -0.2) is 27.8 Å². The molecule has 0 amide bonds. The van der Waals surface area contributed by atoms with Gasteiger partial charge < -0.3 is 4.74 Å². The number of nitrogens with zero attached hydrogens (tertiary/aromatic N) is 3. The molecule has 0 radical (unpaired) electrons. The molecule has 1 heterocycles. The Hall–Kier alpha value is -0.910. The zero-order chi connectivity index (χ0) is 8.43. The summed E-state index contributed by atoms with van der Waals surface area (Å²) < 4.78 is 6.17.